The van der Waals surface area contributed by atoms with Crippen molar-refractivity contribution >= 4 is 28.2 Å². The summed E-state index contributed by atoms with van der Waals surface area (Å²) < 4.78 is 5.03. The second-order valence-corrected chi connectivity index (χ2v) is 4.83. The number of rotatable bonds is 5. The van der Waals surface area contributed by atoms with Crippen molar-refractivity contribution in [2.45, 2.75) is 27.2 Å². The standard InChI is InChI=1S/C13H17NO3S/c1-5-9-8(4)18-12(14-10(15)6-2)11(9)13(16)17-7-3/h6H,2,5,7H2,1,3-4H3,(H,14,15). The van der Waals surface area contributed by atoms with Crippen LogP contribution in [0.15, 0.2) is 12.7 Å². The fraction of sp³-hybridized carbons (Fsp3) is 0.385. The number of aryl methyl sites for hydroxylation is 1. The SMILES string of the molecule is C=CC(=O)Nc1sc(C)c(CC)c1C(=O)OCC. The summed E-state index contributed by atoms with van der Waals surface area (Å²) >= 11 is 1.38. The van der Waals surface area contributed by atoms with Gasteiger partial charge in [-0.3, -0.25) is 4.79 Å². The van der Waals surface area contributed by atoms with Crippen LogP contribution in [0.25, 0.3) is 0 Å². The molecule has 4 nitrogen and oxygen atoms in total. The molecule has 0 aromatic carbocycles. The van der Waals surface area contributed by atoms with E-state index in [4.69, 9.17) is 4.74 Å². The minimum atomic E-state index is -0.391. The summed E-state index contributed by atoms with van der Waals surface area (Å²) in [6, 6.07) is 0. The van der Waals surface area contributed by atoms with Crippen LogP contribution in [0.3, 0.4) is 0 Å². The normalized spacial score (nSPS) is 9.94. The Labute approximate surface area is 111 Å². The number of hydrogen-bond acceptors (Lipinski definition) is 4. The molecule has 1 heterocycles. The molecule has 0 saturated heterocycles. The van der Waals surface area contributed by atoms with E-state index in [0.717, 1.165) is 16.9 Å². The predicted molar refractivity (Wildman–Crippen MR) is 73.2 cm³/mol. The van der Waals surface area contributed by atoms with Gasteiger partial charge in [-0.15, -0.1) is 11.3 Å². The second-order valence-electron chi connectivity index (χ2n) is 3.61. The summed E-state index contributed by atoms with van der Waals surface area (Å²) in [5, 5.41) is 3.19. The summed E-state index contributed by atoms with van der Waals surface area (Å²) in [6.07, 6.45) is 1.90. The third-order valence-electron chi connectivity index (χ3n) is 2.46. The number of esters is 1. The minimum absolute atomic E-state index is 0.311. The molecule has 0 aliphatic carbocycles. The lowest BCUT2D eigenvalue weighted by Gasteiger charge is -2.06. The van der Waals surface area contributed by atoms with E-state index in [1.165, 1.54) is 17.4 Å². The van der Waals surface area contributed by atoms with Gasteiger partial charge in [0, 0.05) is 4.88 Å². The largest absolute Gasteiger partial charge is 0.462 e. The number of carbonyl (C=O) groups excluding carboxylic acids is 2. The number of anilines is 1. The van der Waals surface area contributed by atoms with Crippen LogP contribution < -0.4 is 5.32 Å². The zero-order chi connectivity index (χ0) is 13.7. The second kappa shape index (κ2) is 6.35. The van der Waals surface area contributed by atoms with Crippen LogP contribution in [0.5, 0.6) is 0 Å². The third kappa shape index (κ3) is 2.98. The van der Waals surface area contributed by atoms with Gasteiger partial charge in [0.2, 0.25) is 5.91 Å². The lowest BCUT2D eigenvalue weighted by atomic mass is 10.1. The lowest BCUT2D eigenvalue weighted by Crippen LogP contribution is -2.13. The Kier molecular flexibility index (Phi) is 5.09. The zero-order valence-electron chi connectivity index (χ0n) is 10.8. The van der Waals surface area contributed by atoms with Gasteiger partial charge in [-0.25, -0.2) is 4.79 Å². The molecule has 1 N–H and O–H groups in total. The monoisotopic (exact) mass is 267 g/mol. The Morgan fingerprint density at radius 2 is 2.11 bits per heavy atom. The van der Waals surface area contributed by atoms with Crippen LogP contribution in [0.4, 0.5) is 5.00 Å². The van der Waals surface area contributed by atoms with E-state index in [1.54, 1.807) is 6.92 Å². The van der Waals surface area contributed by atoms with Crippen molar-refractivity contribution in [3.63, 3.8) is 0 Å². The highest BCUT2D eigenvalue weighted by Gasteiger charge is 2.22. The average molecular weight is 267 g/mol. The molecule has 1 amide bonds. The van der Waals surface area contributed by atoms with Crippen molar-refractivity contribution < 1.29 is 14.3 Å². The molecule has 0 aliphatic rings. The molecule has 0 radical (unpaired) electrons. The molecule has 1 rings (SSSR count). The molecule has 0 fully saturated rings. The molecule has 98 valence electrons. The topological polar surface area (TPSA) is 55.4 Å². The highest BCUT2D eigenvalue weighted by molar-refractivity contribution is 7.16. The van der Waals surface area contributed by atoms with Crippen LogP contribution in [0.1, 0.15) is 34.6 Å². The van der Waals surface area contributed by atoms with E-state index in [-0.39, 0.29) is 5.91 Å². The highest BCUT2D eigenvalue weighted by atomic mass is 32.1. The molecule has 1 aromatic heterocycles. The number of hydrogen-bond donors (Lipinski definition) is 1. The Morgan fingerprint density at radius 1 is 1.44 bits per heavy atom. The van der Waals surface area contributed by atoms with Gasteiger partial charge in [-0.05, 0) is 31.9 Å². The van der Waals surface area contributed by atoms with Crippen LogP contribution in [0, 0.1) is 6.92 Å². The molecule has 0 spiro atoms. The van der Waals surface area contributed by atoms with Crippen molar-refractivity contribution in [2.24, 2.45) is 0 Å². The predicted octanol–water partition coefficient (Wildman–Crippen LogP) is 2.92. The Hall–Kier alpha value is -1.62. The zero-order valence-corrected chi connectivity index (χ0v) is 11.6. The van der Waals surface area contributed by atoms with Gasteiger partial charge in [0.25, 0.3) is 0 Å². The highest BCUT2D eigenvalue weighted by Crippen LogP contribution is 2.34. The van der Waals surface area contributed by atoms with Crippen LogP contribution in [-0.4, -0.2) is 18.5 Å². The van der Waals surface area contributed by atoms with Crippen LogP contribution in [0.2, 0.25) is 0 Å². The van der Waals surface area contributed by atoms with E-state index in [2.05, 4.69) is 11.9 Å². The smallest absolute Gasteiger partial charge is 0.341 e. The van der Waals surface area contributed by atoms with Crippen molar-refractivity contribution in [3.8, 4) is 0 Å². The first-order chi connectivity index (χ1) is 8.54. The fourth-order valence-electron chi connectivity index (χ4n) is 1.67. The van der Waals surface area contributed by atoms with E-state index in [0.29, 0.717) is 17.2 Å². The number of carbonyl (C=O) groups is 2. The van der Waals surface area contributed by atoms with Crippen molar-refractivity contribution in [1.82, 2.24) is 0 Å². The maximum atomic E-state index is 11.9. The summed E-state index contributed by atoms with van der Waals surface area (Å²) in [6.45, 7) is 9.35. The molecular formula is C13H17NO3S. The molecule has 5 heteroatoms. The molecule has 0 aliphatic heterocycles. The summed E-state index contributed by atoms with van der Waals surface area (Å²) in [7, 11) is 0. The Morgan fingerprint density at radius 3 is 2.61 bits per heavy atom. The van der Waals surface area contributed by atoms with E-state index in [9.17, 15) is 9.59 Å². The lowest BCUT2D eigenvalue weighted by molar-refractivity contribution is -0.111. The quantitative estimate of drug-likeness (QED) is 0.659. The summed E-state index contributed by atoms with van der Waals surface area (Å²) in [5.74, 6) is -0.720. The first-order valence-electron chi connectivity index (χ1n) is 5.77. The van der Waals surface area contributed by atoms with Gasteiger partial charge in [0.05, 0.1) is 12.2 Å². The van der Waals surface area contributed by atoms with E-state index < -0.39 is 5.97 Å². The van der Waals surface area contributed by atoms with Gasteiger partial charge >= 0.3 is 5.97 Å². The van der Waals surface area contributed by atoms with Gasteiger partial charge in [0.15, 0.2) is 0 Å². The number of nitrogens with one attached hydrogen (secondary N) is 1. The molecule has 0 unspecified atom stereocenters. The molecule has 18 heavy (non-hydrogen) atoms. The van der Waals surface area contributed by atoms with Gasteiger partial charge in [-0.2, -0.15) is 0 Å². The van der Waals surface area contributed by atoms with Gasteiger partial charge in [-0.1, -0.05) is 13.5 Å². The van der Waals surface area contributed by atoms with E-state index in [1.807, 2.05) is 13.8 Å². The van der Waals surface area contributed by atoms with Gasteiger partial charge < -0.3 is 10.1 Å². The number of thiophene rings is 1. The van der Waals surface area contributed by atoms with Crippen LogP contribution in [-0.2, 0) is 16.0 Å². The molecule has 0 atom stereocenters. The summed E-state index contributed by atoms with van der Waals surface area (Å²) in [4.78, 5) is 24.3. The maximum Gasteiger partial charge on any atom is 0.341 e. The number of ether oxygens (including phenoxy) is 1. The first-order valence-corrected chi connectivity index (χ1v) is 6.59. The summed E-state index contributed by atoms with van der Waals surface area (Å²) in [5.41, 5.74) is 1.40. The third-order valence-corrected chi connectivity index (χ3v) is 3.53. The fourth-order valence-corrected chi connectivity index (χ4v) is 2.81. The minimum Gasteiger partial charge on any atom is -0.462 e. The van der Waals surface area contributed by atoms with Crippen molar-refractivity contribution in [1.29, 1.82) is 0 Å². The Bertz CT molecular complexity index is 477. The maximum absolute atomic E-state index is 11.9. The average Bonchev–Trinajstić information content (AvgIpc) is 2.65. The van der Waals surface area contributed by atoms with Crippen LogP contribution >= 0.6 is 11.3 Å². The molecule has 0 bridgehead atoms. The first kappa shape index (κ1) is 14.4. The molecular weight excluding hydrogens is 250 g/mol. The van der Waals surface area contributed by atoms with Crippen molar-refractivity contribution in [3.05, 3.63) is 28.7 Å². The van der Waals surface area contributed by atoms with Crippen molar-refractivity contribution in [2.75, 3.05) is 11.9 Å². The van der Waals surface area contributed by atoms with Gasteiger partial charge in [0.1, 0.15) is 5.00 Å². The molecule has 0 saturated carbocycles. The Balaban J connectivity index is 3.20. The molecule has 1 aromatic rings. The van der Waals surface area contributed by atoms with E-state index >= 15 is 0 Å². The number of amides is 1.